The van der Waals surface area contributed by atoms with Gasteiger partial charge in [0.15, 0.2) is 0 Å². The van der Waals surface area contributed by atoms with E-state index >= 15 is 0 Å². The Morgan fingerprint density at radius 2 is 2.06 bits per heavy atom. The minimum atomic E-state index is -3.61. The van der Waals surface area contributed by atoms with Gasteiger partial charge in [-0.2, -0.15) is 0 Å². The van der Waals surface area contributed by atoms with Crippen molar-refractivity contribution in [1.29, 1.82) is 0 Å². The second-order valence-electron chi connectivity index (χ2n) is 4.43. The van der Waals surface area contributed by atoms with E-state index in [1.54, 1.807) is 6.92 Å². The molecule has 1 fully saturated rings. The molecule has 0 aromatic rings. The molecule has 1 heterocycles. The molecule has 2 unspecified atom stereocenters. The summed E-state index contributed by atoms with van der Waals surface area (Å²) in [4.78, 5) is 23.9. The maximum Gasteiger partial charge on any atom is 0.317 e. The van der Waals surface area contributed by atoms with E-state index in [9.17, 15) is 18.0 Å². The first-order valence-corrected chi connectivity index (χ1v) is 7.18. The molecule has 0 aliphatic carbocycles. The number of aliphatic carboxylic acids is 1. The molecule has 18 heavy (non-hydrogen) atoms. The fourth-order valence-electron chi connectivity index (χ4n) is 1.87. The molecule has 0 aromatic heterocycles. The summed E-state index contributed by atoms with van der Waals surface area (Å²) in [7, 11) is -3.61. The third kappa shape index (κ3) is 4.15. The number of urea groups is 1. The lowest BCUT2D eigenvalue weighted by atomic mass is 9.99. The van der Waals surface area contributed by atoms with E-state index in [0.717, 1.165) is 0 Å². The van der Waals surface area contributed by atoms with Crippen LogP contribution in [-0.2, 0) is 14.8 Å². The van der Waals surface area contributed by atoms with Crippen molar-refractivity contribution in [2.75, 3.05) is 25.4 Å². The highest BCUT2D eigenvalue weighted by Crippen LogP contribution is 2.22. The molecule has 0 bridgehead atoms. The molecule has 8 nitrogen and oxygen atoms in total. The number of carboxylic acid groups (broad SMARTS) is 1. The lowest BCUT2D eigenvalue weighted by Crippen LogP contribution is -2.41. The first-order valence-electron chi connectivity index (χ1n) is 5.47. The number of amides is 2. The monoisotopic (exact) mass is 279 g/mol. The molecule has 0 radical (unpaired) electrons. The van der Waals surface area contributed by atoms with E-state index in [1.807, 2.05) is 0 Å². The standard InChI is InChI=1S/C9H17N3O5S/c1-6-4-12(5-7(6)8(13)14)9(15)11-2-3-18(10,16)17/h6-7H,2-5H2,1H3,(H,11,15)(H,13,14)(H2,10,16,17). The van der Waals surface area contributed by atoms with E-state index < -0.39 is 27.9 Å². The van der Waals surface area contributed by atoms with Gasteiger partial charge in [-0.15, -0.1) is 0 Å². The van der Waals surface area contributed by atoms with Crippen LogP contribution in [0.2, 0.25) is 0 Å². The minimum Gasteiger partial charge on any atom is -0.481 e. The Bertz CT molecular complexity index is 435. The number of nitrogens with zero attached hydrogens (tertiary/aromatic N) is 1. The number of carbonyl (C=O) groups excluding carboxylic acids is 1. The molecule has 9 heteroatoms. The molecule has 104 valence electrons. The van der Waals surface area contributed by atoms with Crippen molar-refractivity contribution >= 4 is 22.0 Å². The van der Waals surface area contributed by atoms with Crippen LogP contribution in [0.5, 0.6) is 0 Å². The summed E-state index contributed by atoms with van der Waals surface area (Å²) in [5.41, 5.74) is 0. The zero-order chi connectivity index (χ0) is 13.9. The van der Waals surface area contributed by atoms with Gasteiger partial charge >= 0.3 is 12.0 Å². The molecule has 1 rings (SSSR count). The van der Waals surface area contributed by atoms with Gasteiger partial charge in [-0.3, -0.25) is 4.79 Å². The molecule has 2 atom stereocenters. The third-order valence-corrected chi connectivity index (χ3v) is 3.65. The zero-order valence-corrected chi connectivity index (χ0v) is 10.8. The van der Waals surface area contributed by atoms with Crippen molar-refractivity contribution < 1.29 is 23.1 Å². The maximum atomic E-state index is 11.6. The van der Waals surface area contributed by atoms with E-state index in [4.69, 9.17) is 10.2 Å². The third-order valence-electron chi connectivity index (χ3n) is 2.88. The number of rotatable bonds is 4. The highest BCUT2D eigenvalue weighted by atomic mass is 32.2. The van der Waals surface area contributed by atoms with Crippen LogP contribution in [-0.4, -0.2) is 55.8 Å². The summed E-state index contributed by atoms with van der Waals surface area (Å²) in [6, 6.07) is -0.464. The normalized spacial score (nSPS) is 24.0. The van der Waals surface area contributed by atoms with Gasteiger partial charge in [0.1, 0.15) is 0 Å². The summed E-state index contributed by atoms with van der Waals surface area (Å²) in [6.45, 7) is 2.16. The van der Waals surface area contributed by atoms with Gasteiger partial charge in [-0.05, 0) is 5.92 Å². The van der Waals surface area contributed by atoms with Crippen LogP contribution in [0.25, 0.3) is 0 Å². The summed E-state index contributed by atoms with van der Waals surface area (Å²) in [5.74, 6) is -1.97. The van der Waals surface area contributed by atoms with Gasteiger partial charge in [0.25, 0.3) is 0 Å². The Kier molecular flexibility index (Phi) is 4.52. The van der Waals surface area contributed by atoms with Crippen LogP contribution < -0.4 is 10.5 Å². The quantitative estimate of drug-likeness (QED) is 0.585. The second kappa shape index (κ2) is 5.53. The first-order chi connectivity index (χ1) is 8.20. The van der Waals surface area contributed by atoms with Gasteiger partial charge in [-0.1, -0.05) is 6.92 Å². The summed E-state index contributed by atoms with van der Waals surface area (Å²) >= 11 is 0. The largest absolute Gasteiger partial charge is 0.481 e. The molecular weight excluding hydrogens is 262 g/mol. The molecule has 0 spiro atoms. The second-order valence-corrected chi connectivity index (χ2v) is 6.16. The first kappa shape index (κ1) is 14.7. The summed E-state index contributed by atoms with van der Waals surface area (Å²) in [6.07, 6.45) is 0. The topological polar surface area (TPSA) is 130 Å². The molecule has 2 amide bonds. The fourth-order valence-corrected chi connectivity index (χ4v) is 2.25. The minimum absolute atomic E-state index is 0.0830. The van der Waals surface area contributed by atoms with E-state index in [0.29, 0.717) is 6.54 Å². The Labute approximate surface area is 105 Å². The van der Waals surface area contributed by atoms with Crippen LogP contribution in [0.4, 0.5) is 4.79 Å². The van der Waals surface area contributed by atoms with Crippen molar-refractivity contribution in [3.8, 4) is 0 Å². The van der Waals surface area contributed by atoms with Crippen molar-refractivity contribution in [2.24, 2.45) is 17.0 Å². The van der Waals surface area contributed by atoms with Crippen LogP contribution in [0, 0.1) is 11.8 Å². The highest BCUT2D eigenvalue weighted by Gasteiger charge is 2.36. The van der Waals surface area contributed by atoms with Crippen LogP contribution in [0.3, 0.4) is 0 Å². The molecule has 0 aromatic carbocycles. The van der Waals surface area contributed by atoms with Crippen molar-refractivity contribution in [3.05, 3.63) is 0 Å². The number of nitrogens with two attached hydrogens (primary N) is 1. The number of likely N-dealkylation sites (tertiary alicyclic amines) is 1. The smallest absolute Gasteiger partial charge is 0.317 e. The summed E-state index contributed by atoms with van der Waals surface area (Å²) < 4.78 is 21.3. The number of sulfonamides is 1. The molecule has 1 aliphatic rings. The predicted octanol–water partition coefficient (Wildman–Crippen LogP) is -1.36. The Balaban J connectivity index is 2.43. The summed E-state index contributed by atoms with van der Waals surface area (Å²) in [5, 5.41) is 16.1. The van der Waals surface area contributed by atoms with E-state index in [1.165, 1.54) is 4.90 Å². The van der Waals surface area contributed by atoms with Crippen molar-refractivity contribution in [2.45, 2.75) is 6.92 Å². The van der Waals surface area contributed by atoms with Crippen LogP contribution in [0.1, 0.15) is 6.92 Å². The number of primary sulfonamides is 1. The molecule has 1 saturated heterocycles. The van der Waals surface area contributed by atoms with Gasteiger partial charge in [-0.25, -0.2) is 18.4 Å². The average molecular weight is 279 g/mol. The van der Waals surface area contributed by atoms with Crippen molar-refractivity contribution in [1.82, 2.24) is 10.2 Å². The SMILES string of the molecule is CC1CN(C(=O)NCCS(N)(=O)=O)CC1C(=O)O. The van der Waals surface area contributed by atoms with Crippen molar-refractivity contribution in [3.63, 3.8) is 0 Å². The van der Waals surface area contributed by atoms with Crippen LogP contribution in [0.15, 0.2) is 0 Å². The molecule has 0 saturated carbocycles. The number of carbonyl (C=O) groups is 2. The Hall–Kier alpha value is -1.35. The number of nitrogens with one attached hydrogen (secondary N) is 1. The van der Waals surface area contributed by atoms with Gasteiger partial charge in [0.05, 0.1) is 11.7 Å². The van der Waals surface area contributed by atoms with E-state index in [-0.39, 0.29) is 24.8 Å². The lowest BCUT2D eigenvalue weighted by molar-refractivity contribution is -0.142. The zero-order valence-electron chi connectivity index (χ0n) is 10.00. The molecular formula is C9H17N3O5S. The predicted molar refractivity (Wildman–Crippen MR) is 63.2 cm³/mol. The van der Waals surface area contributed by atoms with Gasteiger partial charge < -0.3 is 15.3 Å². The average Bonchev–Trinajstić information content (AvgIpc) is 2.58. The Morgan fingerprint density at radius 1 is 1.44 bits per heavy atom. The van der Waals surface area contributed by atoms with Gasteiger partial charge in [0.2, 0.25) is 10.0 Å². The molecule has 1 aliphatic heterocycles. The van der Waals surface area contributed by atoms with Crippen LogP contribution >= 0.6 is 0 Å². The Morgan fingerprint density at radius 3 is 2.50 bits per heavy atom. The molecule has 4 N–H and O–H groups in total. The van der Waals surface area contributed by atoms with E-state index in [2.05, 4.69) is 5.32 Å². The number of hydrogen-bond acceptors (Lipinski definition) is 4. The fraction of sp³-hybridized carbons (Fsp3) is 0.778. The lowest BCUT2D eigenvalue weighted by Gasteiger charge is -2.16. The number of carboxylic acids is 1. The highest BCUT2D eigenvalue weighted by molar-refractivity contribution is 7.89. The number of hydrogen-bond donors (Lipinski definition) is 3. The van der Waals surface area contributed by atoms with Gasteiger partial charge in [0, 0.05) is 19.6 Å². The maximum absolute atomic E-state index is 11.6.